The maximum atomic E-state index is 12.8. The molecule has 9 nitrogen and oxygen atoms in total. The summed E-state index contributed by atoms with van der Waals surface area (Å²) in [6.07, 6.45) is 0. The number of carbonyl (C=O) groups excluding carboxylic acids is 3. The largest absolute Gasteiger partial charge is 0.462 e. The van der Waals surface area contributed by atoms with Gasteiger partial charge in [-0.25, -0.2) is 9.59 Å². The fourth-order valence-electron chi connectivity index (χ4n) is 3.33. The van der Waals surface area contributed by atoms with Crippen LogP contribution in [0.25, 0.3) is 11.4 Å². The number of esters is 2. The highest BCUT2D eigenvalue weighted by molar-refractivity contribution is 7.99. The van der Waals surface area contributed by atoms with Crippen molar-refractivity contribution in [1.29, 1.82) is 0 Å². The molecule has 0 unspecified atom stereocenters. The van der Waals surface area contributed by atoms with Gasteiger partial charge in [0, 0.05) is 21.9 Å². The lowest BCUT2D eigenvalue weighted by Crippen LogP contribution is -2.17. The number of nitrogens with one attached hydrogen (secondary N) is 1. The van der Waals surface area contributed by atoms with Gasteiger partial charge in [0.25, 0.3) is 0 Å². The highest BCUT2D eigenvalue weighted by Crippen LogP contribution is 2.35. The van der Waals surface area contributed by atoms with Crippen molar-refractivity contribution in [3.8, 4) is 11.4 Å². The van der Waals surface area contributed by atoms with Crippen molar-refractivity contribution in [2.75, 3.05) is 24.3 Å². The Morgan fingerprint density at radius 3 is 2.40 bits per heavy atom. The zero-order valence-corrected chi connectivity index (χ0v) is 22.9. The van der Waals surface area contributed by atoms with Gasteiger partial charge < -0.3 is 14.8 Å². The molecule has 3 rings (SSSR count). The summed E-state index contributed by atoms with van der Waals surface area (Å²) in [4.78, 5) is 39.2. The smallest absolute Gasteiger partial charge is 0.348 e. The zero-order valence-electron chi connectivity index (χ0n) is 20.5. The van der Waals surface area contributed by atoms with E-state index in [1.54, 1.807) is 32.1 Å². The molecule has 188 valence electrons. The molecule has 0 spiro atoms. The second-order valence-electron chi connectivity index (χ2n) is 7.75. The second-order valence-corrected chi connectivity index (χ2v) is 10.8. The SMILES string of the molecule is CCOC(=O)c1sc(NC(=O)CSc2nnc(-c3csc(C)c3)n2C(C)C)c(C(=O)OCC)c1C. The first kappa shape index (κ1) is 26.9. The van der Waals surface area contributed by atoms with E-state index in [1.807, 2.05) is 30.7 Å². The summed E-state index contributed by atoms with van der Waals surface area (Å²) in [5.74, 6) is -0.693. The Morgan fingerprint density at radius 1 is 1.11 bits per heavy atom. The number of thioether (sulfide) groups is 1. The summed E-state index contributed by atoms with van der Waals surface area (Å²) in [7, 11) is 0. The maximum absolute atomic E-state index is 12.8. The molecule has 3 heterocycles. The van der Waals surface area contributed by atoms with Gasteiger partial charge in [-0.05, 0) is 53.2 Å². The van der Waals surface area contributed by atoms with Crippen LogP contribution < -0.4 is 5.32 Å². The van der Waals surface area contributed by atoms with E-state index >= 15 is 0 Å². The van der Waals surface area contributed by atoms with Gasteiger partial charge in [0.15, 0.2) is 11.0 Å². The molecule has 0 atom stereocenters. The van der Waals surface area contributed by atoms with Crippen molar-refractivity contribution in [3.63, 3.8) is 0 Å². The molecular formula is C23H28N4O5S3. The summed E-state index contributed by atoms with van der Waals surface area (Å²) in [5, 5.41) is 14.3. The Labute approximate surface area is 216 Å². The van der Waals surface area contributed by atoms with E-state index in [-0.39, 0.29) is 46.4 Å². The van der Waals surface area contributed by atoms with Gasteiger partial charge in [-0.15, -0.1) is 32.9 Å². The normalized spacial score (nSPS) is 11.1. The van der Waals surface area contributed by atoms with E-state index in [0.717, 1.165) is 22.7 Å². The van der Waals surface area contributed by atoms with Gasteiger partial charge in [0.1, 0.15) is 9.88 Å². The van der Waals surface area contributed by atoms with Gasteiger partial charge in [0.2, 0.25) is 5.91 Å². The maximum Gasteiger partial charge on any atom is 0.348 e. The number of rotatable bonds is 10. The quantitative estimate of drug-likeness (QED) is 0.273. The van der Waals surface area contributed by atoms with Gasteiger partial charge in [-0.2, -0.15) is 0 Å². The molecule has 0 aliphatic rings. The van der Waals surface area contributed by atoms with Crippen LogP contribution in [0.1, 0.15) is 64.2 Å². The Bertz CT molecular complexity index is 1230. The van der Waals surface area contributed by atoms with Crippen molar-refractivity contribution in [3.05, 3.63) is 32.3 Å². The number of thiophene rings is 2. The van der Waals surface area contributed by atoms with Crippen molar-refractivity contribution >= 4 is 57.3 Å². The van der Waals surface area contributed by atoms with Crippen LogP contribution in [0, 0.1) is 13.8 Å². The first-order valence-electron chi connectivity index (χ1n) is 11.1. The van der Waals surface area contributed by atoms with Crippen LogP contribution in [0.3, 0.4) is 0 Å². The van der Waals surface area contributed by atoms with E-state index in [0.29, 0.717) is 10.7 Å². The molecule has 0 radical (unpaired) electrons. The minimum Gasteiger partial charge on any atom is -0.462 e. The molecule has 1 N–H and O–H groups in total. The third kappa shape index (κ3) is 6.11. The monoisotopic (exact) mass is 536 g/mol. The Morgan fingerprint density at radius 2 is 1.80 bits per heavy atom. The molecule has 0 aliphatic carbocycles. The average molecular weight is 537 g/mol. The highest BCUT2D eigenvalue weighted by atomic mass is 32.2. The summed E-state index contributed by atoms with van der Waals surface area (Å²) >= 11 is 3.90. The Hall–Kier alpha value is -2.70. The molecular weight excluding hydrogens is 508 g/mol. The fraction of sp³-hybridized carbons (Fsp3) is 0.435. The Balaban J connectivity index is 1.80. The molecule has 3 aromatic rings. The van der Waals surface area contributed by atoms with Crippen molar-refractivity contribution in [1.82, 2.24) is 14.8 Å². The summed E-state index contributed by atoms with van der Waals surface area (Å²) in [5.41, 5.74) is 1.58. The van der Waals surface area contributed by atoms with Gasteiger partial charge in [-0.3, -0.25) is 9.36 Å². The number of ether oxygens (including phenoxy) is 2. The zero-order chi connectivity index (χ0) is 25.7. The van der Waals surface area contributed by atoms with Crippen LogP contribution in [-0.4, -0.2) is 51.6 Å². The molecule has 0 aromatic carbocycles. The molecule has 0 fully saturated rings. The average Bonchev–Trinajstić information content (AvgIpc) is 3.49. The van der Waals surface area contributed by atoms with Crippen LogP contribution in [-0.2, 0) is 14.3 Å². The Kier molecular flexibility index (Phi) is 9.09. The number of hydrogen-bond acceptors (Lipinski definition) is 10. The number of amides is 1. The minimum atomic E-state index is -0.602. The van der Waals surface area contributed by atoms with E-state index in [4.69, 9.17) is 9.47 Å². The molecule has 0 saturated carbocycles. The van der Waals surface area contributed by atoms with Crippen LogP contribution in [0.4, 0.5) is 5.00 Å². The summed E-state index contributed by atoms with van der Waals surface area (Å²) in [6, 6.07) is 2.15. The number of anilines is 1. The number of aryl methyl sites for hydroxylation is 1. The van der Waals surface area contributed by atoms with Crippen LogP contribution in [0.2, 0.25) is 0 Å². The third-order valence-corrected chi connectivity index (χ3v) is 7.83. The van der Waals surface area contributed by atoms with Gasteiger partial charge in [0.05, 0.1) is 24.5 Å². The van der Waals surface area contributed by atoms with E-state index in [1.165, 1.54) is 16.6 Å². The molecule has 0 bridgehead atoms. The van der Waals surface area contributed by atoms with E-state index in [2.05, 4.69) is 21.6 Å². The molecule has 0 aliphatic heterocycles. The number of nitrogens with zero attached hydrogens (tertiary/aromatic N) is 3. The topological polar surface area (TPSA) is 112 Å². The molecule has 0 saturated heterocycles. The summed E-state index contributed by atoms with van der Waals surface area (Å²) < 4.78 is 12.2. The lowest BCUT2D eigenvalue weighted by atomic mass is 10.1. The van der Waals surface area contributed by atoms with Crippen LogP contribution in [0.15, 0.2) is 16.6 Å². The molecule has 3 aromatic heterocycles. The fourth-order valence-corrected chi connectivity index (χ4v) is 5.99. The first-order valence-corrected chi connectivity index (χ1v) is 13.8. The second kappa shape index (κ2) is 11.8. The van der Waals surface area contributed by atoms with E-state index in [9.17, 15) is 14.4 Å². The van der Waals surface area contributed by atoms with Crippen LogP contribution >= 0.6 is 34.4 Å². The van der Waals surface area contributed by atoms with E-state index < -0.39 is 11.9 Å². The summed E-state index contributed by atoms with van der Waals surface area (Å²) in [6.45, 7) is 11.5. The number of hydrogen-bond donors (Lipinski definition) is 1. The predicted molar refractivity (Wildman–Crippen MR) is 139 cm³/mol. The van der Waals surface area contributed by atoms with Crippen LogP contribution in [0.5, 0.6) is 0 Å². The lowest BCUT2D eigenvalue weighted by molar-refractivity contribution is -0.113. The van der Waals surface area contributed by atoms with Gasteiger partial charge >= 0.3 is 11.9 Å². The first-order chi connectivity index (χ1) is 16.7. The number of aromatic nitrogens is 3. The third-order valence-electron chi connectivity index (χ3n) is 4.84. The predicted octanol–water partition coefficient (Wildman–Crippen LogP) is 5.35. The highest BCUT2D eigenvalue weighted by Gasteiger charge is 2.27. The standard InChI is InChI=1S/C23H28N4O5S3/c1-7-31-21(29)17-14(6)18(22(30)32-8-2)35-20(17)24-16(28)11-34-23-26-25-19(27(23)12(3)4)15-9-13(5)33-10-15/h9-10,12H,7-8,11H2,1-6H3,(H,24,28). The van der Waals surface area contributed by atoms with Crippen molar-refractivity contribution < 1.29 is 23.9 Å². The van der Waals surface area contributed by atoms with Gasteiger partial charge in [-0.1, -0.05) is 11.8 Å². The number of carbonyl (C=O) groups is 3. The molecule has 1 amide bonds. The molecule has 12 heteroatoms. The van der Waals surface area contributed by atoms with Crippen molar-refractivity contribution in [2.24, 2.45) is 0 Å². The van der Waals surface area contributed by atoms with Crippen molar-refractivity contribution in [2.45, 2.75) is 52.7 Å². The minimum absolute atomic E-state index is 0.0431. The lowest BCUT2D eigenvalue weighted by Gasteiger charge is -2.13. The molecule has 35 heavy (non-hydrogen) atoms.